The molecule has 0 atom stereocenters. The minimum Gasteiger partial charge on any atom is -0.355 e. The third-order valence-corrected chi connectivity index (χ3v) is 2.41. The molecule has 14 heavy (non-hydrogen) atoms. The van der Waals surface area contributed by atoms with Gasteiger partial charge in [0.15, 0.2) is 0 Å². The van der Waals surface area contributed by atoms with Gasteiger partial charge in [0.1, 0.15) is 0 Å². The molecule has 3 heteroatoms. The molecule has 0 aromatic heterocycles. The highest BCUT2D eigenvalue weighted by molar-refractivity contribution is 7.81. The molecule has 0 saturated heterocycles. The number of aryl methyl sites for hydroxylation is 1. The van der Waals surface area contributed by atoms with Crippen molar-refractivity contribution in [1.82, 2.24) is 5.32 Å². The molecule has 1 aromatic rings. The van der Waals surface area contributed by atoms with Crippen LogP contribution in [0.4, 0.5) is 0 Å². The van der Waals surface area contributed by atoms with Crippen LogP contribution in [0.2, 0.25) is 0 Å². The van der Waals surface area contributed by atoms with Gasteiger partial charge >= 0.3 is 0 Å². The molecule has 2 nitrogen and oxygen atoms in total. The Labute approximate surface area is 90.1 Å². The molecule has 76 valence electrons. The van der Waals surface area contributed by atoms with Crippen molar-refractivity contribution in [3.05, 3.63) is 35.4 Å². The fourth-order valence-electron chi connectivity index (χ4n) is 1.28. The predicted octanol–water partition coefficient (Wildman–Crippen LogP) is 1.58. The van der Waals surface area contributed by atoms with Gasteiger partial charge in [0.05, 0.1) is 5.75 Å². The van der Waals surface area contributed by atoms with Gasteiger partial charge in [0.25, 0.3) is 0 Å². The summed E-state index contributed by atoms with van der Waals surface area (Å²) < 4.78 is 0. The summed E-state index contributed by atoms with van der Waals surface area (Å²) in [6.45, 7) is 2.76. The van der Waals surface area contributed by atoms with Gasteiger partial charge in [-0.15, -0.1) is 0 Å². The number of amides is 1. The van der Waals surface area contributed by atoms with E-state index in [0.29, 0.717) is 6.54 Å². The first kappa shape index (κ1) is 11.1. The van der Waals surface area contributed by atoms with E-state index in [0.717, 1.165) is 6.42 Å². The van der Waals surface area contributed by atoms with E-state index in [2.05, 4.69) is 37.0 Å². The average Bonchev–Trinajstić information content (AvgIpc) is 2.20. The van der Waals surface area contributed by atoms with Crippen LogP contribution in [-0.2, 0) is 11.2 Å². The van der Waals surface area contributed by atoms with Crippen molar-refractivity contribution in [2.75, 3.05) is 12.3 Å². The SMILES string of the molecule is Cc1ccccc1CCNC(=O)CS. The van der Waals surface area contributed by atoms with Crippen LogP contribution in [0, 0.1) is 6.92 Å². The average molecular weight is 209 g/mol. The number of thiol groups is 1. The summed E-state index contributed by atoms with van der Waals surface area (Å²) >= 11 is 3.88. The van der Waals surface area contributed by atoms with Crippen molar-refractivity contribution in [3.63, 3.8) is 0 Å². The standard InChI is InChI=1S/C11H15NOS/c1-9-4-2-3-5-10(9)6-7-12-11(13)8-14/h2-5,14H,6-8H2,1H3,(H,12,13). The molecule has 1 amide bonds. The molecule has 0 aliphatic heterocycles. The Bertz CT molecular complexity index is 312. The molecular weight excluding hydrogens is 194 g/mol. The monoisotopic (exact) mass is 209 g/mol. The van der Waals surface area contributed by atoms with Crippen LogP contribution < -0.4 is 5.32 Å². The van der Waals surface area contributed by atoms with Crippen molar-refractivity contribution in [2.24, 2.45) is 0 Å². The largest absolute Gasteiger partial charge is 0.355 e. The second-order valence-corrected chi connectivity index (χ2v) is 3.50. The van der Waals surface area contributed by atoms with E-state index in [1.54, 1.807) is 0 Å². The number of carbonyl (C=O) groups excluding carboxylic acids is 1. The Kier molecular flexibility index (Phi) is 4.53. The lowest BCUT2D eigenvalue weighted by Crippen LogP contribution is -2.26. The lowest BCUT2D eigenvalue weighted by Gasteiger charge is -2.06. The van der Waals surface area contributed by atoms with E-state index in [9.17, 15) is 4.79 Å². The second-order valence-electron chi connectivity index (χ2n) is 3.18. The Morgan fingerprint density at radius 1 is 1.43 bits per heavy atom. The zero-order valence-electron chi connectivity index (χ0n) is 8.29. The highest BCUT2D eigenvalue weighted by atomic mass is 32.1. The number of benzene rings is 1. The Morgan fingerprint density at radius 3 is 2.79 bits per heavy atom. The first-order chi connectivity index (χ1) is 6.74. The lowest BCUT2D eigenvalue weighted by molar-refractivity contribution is -0.118. The Balaban J connectivity index is 2.39. The molecule has 1 rings (SSSR count). The highest BCUT2D eigenvalue weighted by Crippen LogP contribution is 2.06. The van der Waals surface area contributed by atoms with Crippen LogP contribution in [0.3, 0.4) is 0 Å². The minimum absolute atomic E-state index is 0.0121. The van der Waals surface area contributed by atoms with E-state index in [1.807, 2.05) is 12.1 Å². The van der Waals surface area contributed by atoms with Crippen LogP contribution in [0.25, 0.3) is 0 Å². The topological polar surface area (TPSA) is 29.1 Å². The van der Waals surface area contributed by atoms with Gasteiger partial charge in [-0.25, -0.2) is 0 Å². The molecular formula is C11H15NOS. The normalized spacial score (nSPS) is 9.86. The Hall–Kier alpha value is -0.960. The van der Waals surface area contributed by atoms with Gasteiger partial charge in [0.2, 0.25) is 5.91 Å². The number of carbonyl (C=O) groups is 1. The van der Waals surface area contributed by atoms with Crippen LogP contribution in [0.15, 0.2) is 24.3 Å². The van der Waals surface area contributed by atoms with Crippen molar-refractivity contribution >= 4 is 18.5 Å². The van der Waals surface area contributed by atoms with E-state index >= 15 is 0 Å². The summed E-state index contributed by atoms with van der Waals surface area (Å²) in [6, 6.07) is 8.20. The van der Waals surface area contributed by atoms with Gasteiger partial charge in [-0.2, -0.15) is 12.6 Å². The van der Waals surface area contributed by atoms with Crippen LogP contribution in [-0.4, -0.2) is 18.2 Å². The summed E-state index contributed by atoms with van der Waals surface area (Å²) in [4.78, 5) is 10.9. The maximum atomic E-state index is 10.9. The van der Waals surface area contributed by atoms with E-state index in [1.165, 1.54) is 11.1 Å². The quantitative estimate of drug-likeness (QED) is 0.724. The zero-order valence-corrected chi connectivity index (χ0v) is 9.18. The molecule has 0 saturated carbocycles. The molecule has 0 fully saturated rings. The lowest BCUT2D eigenvalue weighted by atomic mass is 10.1. The number of rotatable bonds is 4. The molecule has 0 heterocycles. The molecule has 0 aliphatic carbocycles. The maximum absolute atomic E-state index is 10.9. The maximum Gasteiger partial charge on any atom is 0.229 e. The predicted molar refractivity (Wildman–Crippen MR) is 61.7 cm³/mol. The molecule has 0 aliphatic rings. The second kappa shape index (κ2) is 5.70. The third-order valence-electron chi connectivity index (χ3n) is 2.12. The number of nitrogens with one attached hydrogen (secondary N) is 1. The minimum atomic E-state index is -0.0121. The molecule has 0 unspecified atom stereocenters. The highest BCUT2D eigenvalue weighted by Gasteiger charge is 1.98. The summed E-state index contributed by atoms with van der Waals surface area (Å²) in [5.41, 5.74) is 2.56. The molecule has 0 radical (unpaired) electrons. The first-order valence-corrected chi connectivity index (χ1v) is 5.29. The van der Waals surface area contributed by atoms with E-state index in [-0.39, 0.29) is 11.7 Å². The molecule has 1 N–H and O–H groups in total. The first-order valence-electron chi connectivity index (χ1n) is 4.66. The number of hydrogen-bond acceptors (Lipinski definition) is 2. The summed E-state index contributed by atoms with van der Waals surface area (Å²) in [5.74, 6) is 0.246. The van der Waals surface area contributed by atoms with Crippen molar-refractivity contribution < 1.29 is 4.79 Å². The van der Waals surface area contributed by atoms with Gasteiger partial charge in [-0.1, -0.05) is 24.3 Å². The van der Waals surface area contributed by atoms with Crippen LogP contribution >= 0.6 is 12.6 Å². The summed E-state index contributed by atoms with van der Waals surface area (Å²) in [7, 11) is 0. The van der Waals surface area contributed by atoms with Crippen LogP contribution in [0.1, 0.15) is 11.1 Å². The fraction of sp³-hybridized carbons (Fsp3) is 0.364. The van der Waals surface area contributed by atoms with Crippen molar-refractivity contribution in [1.29, 1.82) is 0 Å². The molecule has 0 spiro atoms. The molecule has 0 bridgehead atoms. The zero-order chi connectivity index (χ0) is 10.4. The van der Waals surface area contributed by atoms with E-state index < -0.39 is 0 Å². The number of hydrogen-bond donors (Lipinski definition) is 2. The van der Waals surface area contributed by atoms with Gasteiger partial charge in [-0.3, -0.25) is 4.79 Å². The van der Waals surface area contributed by atoms with Crippen LogP contribution in [0.5, 0.6) is 0 Å². The van der Waals surface area contributed by atoms with Gasteiger partial charge in [-0.05, 0) is 24.5 Å². The Morgan fingerprint density at radius 2 is 2.14 bits per heavy atom. The third kappa shape index (κ3) is 3.42. The van der Waals surface area contributed by atoms with Crippen molar-refractivity contribution in [3.8, 4) is 0 Å². The molecule has 1 aromatic carbocycles. The van der Waals surface area contributed by atoms with Crippen molar-refractivity contribution in [2.45, 2.75) is 13.3 Å². The smallest absolute Gasteiger partial charge is 0.229 e. The fourth-order valence-corrected chi connectivity index (χ4v) is 1.39. The van der Waals surface area contributed by atoms with Gasteiger partial charge < -0.3 is 5.32 Å². The van der Waals surface area contributed by atoms with E-state index in [4.69, 9.17) is 0 Å². The summed E-state index contributed by atoms with van der Waals surface area (Å²) in [6.07, 6.45) is 0.881. The summed E-state index contributed by atoms with van der Waals surface area (Å²) in [5, 5.41) is 2.79. The van der Waals surface area contributed by atoms with Gasteiger partial charge in [0, 0.05) is 6.54 Å².